The number of fused-ring (bicyclic) bond motifs is 1. The number of nitrogens with one attached hydrogen (secondary N) is 1. The molecule has 0 fully saturated rings. The highest BCUT2D eigenvalue weighted by Crippen LogP contribution is 2.26. The van der Waals surface area contributed by atoms with Gasteiger partial charge in [0.1, 0.15) is 5.69 Å². The second-order valence-electron chi connectivity index (χ2n) is 5.78. The molecule has 128 valence electrons. The molecule has 1 aromatic carbocycles. The standard InChI is InChI=1S/C19H15N5O2/c1-24(13-5-6-14-12(10-13)11-17(22-14)18(25)26)19-21-9-7-16(23-19)15-4-2-3-8-20-15/h2-11,22H,1H3,(H,25,26). The van der Waals surface area contributed by atoms with Gasteiger partial charge in [-0.05, 0) is 42.5 Å². The van der Waals surface area contributed by atoms with Crippen molar-refractivity contribution in [3.8, 4) is 11.4 Å². The summed E-state index contributed by atoms with van der Waals surface area (Å²) in [5.41, 5.74) is 3.29. The number of nitrogens with zero attached hydrogens (tertiary/aromatic N) is 4. The summed E-state index contributed by atoms with van der Waals surface area (Å²) in [6.07, 6.45) is 3.42. The normalized spacial score (nSPS) is 10.8. The molecule has 3 aromatic heterocycles. The van der Waals surface area contributed by atoms with Gasteiger partial charge in [-0.1, -0.05) is 6.07 Å². The van der Waals surface area contributed by atoms with E-state index in [-0.39, 0.29) is 5.69 Å². The first-order valence-corrected chi connectivity index (χ1v) is 7.96. The fourth-order valence-electron chi connectivity index (χ4n) is 2.73. The molecule has 0 aliphatic carbocycles. The van der Waals surface area contributed by atoms with Gasteiger partial charge >= 0.3 is 5.97 Å². The predicted molar refractivity (Wildman–Crippen MR) is 98.6 cm³/mol. The second kappa shape index (κ2) is 6.29. The van der Waals surface area contributed by atoms with Gasteiger partial charge in [-0.3, -0.25) is 4.98 Å². The van der Waals surface area contributed by atoms with Gasteiger partial charge in [-0.2, -0.15) is 0 Å². The topological polar surface area (TPSA) is 95.0 Å². The van der Waals surface area contributed by atoms with Crippen LogP contribution in [0, 0.1) is 0 Å². The van der Waals surface area contributed by atoms with Crippen molar-refractivity contribution in [2.45, 2.75) is 0 Å². The molecule has 0 atom stereocenters. The first-order valence-electron chi connectivity index (χ1n) is 7.96. The Balaban J connectivity index is 1.70. The van der Waals surface area contributed by atoms with Crippen molar-refractivity contribution in [3.05, 3.63) is 66.6 Å². The molecule has 4 aromatic rings. The van der Waals surface area contributed by atoms with Crippen LogP contribution < -0.4 is 4.90 Å². The van der Waals surface area contributed by atoms with Gasteiger partial charge in [0, 0.05) is 36.0 Å². The Morgan fingerprint density at radius 2 is 1.92 bits per heavy atom. The van der Waals surface area contributed by atoms with E-state index in [4.69, 9.17) is 5.11 Å². The zero-order valence-corrected chi connectivity index (χ0v) is 13.9. The zero-order valence-electron chi connectivity index (χ0n) is 13.9. The number of carboxylic acids is 1. The summed E-state index contributed by atoms with van der Waals surface area (Å²) in [5.74, 6) is -0.455. The van der Waals surface area contributed by atoms with Gasteiger partial charge in [-0.25, -0.2) is 14.8 Å². The lowest BCUT2D eigenvalue weighted by atomic mass is 10.2. The van der Waals surface area contributed by atoms with Crippen LogP contribution in [0.2, 0.25) is 0 Å². The molecule has 3 heterocycles. The predicted octanol–water partition coefficient (Wildman–Crippen LogP) is 3.49. The third kappa shape index (κ3) is 2.86. The molecule has 0 radical (unpaired) electrons. The van der Waals surface area contributed by atoms with E-state index in [9.17, 15) is 4.79 Å². The summed E-state index contributed by atoms with van der Waals surface area (Å²) >= 11 is 0. The Bertz CT molecular complexity index is 1090. The molecule has 0 saturated carbocycles. The number of carbonyl (C=O) groups is 1. The van der Waals surface area contributed by atoms with E-state index in [1.54, 1.807) is 18.5 Å². The number of aromatic nitrogens is 4. The first-order chi connectivity index (χ1) is 12.6. The summed E-state index contributed by atoms with van der Waals surface area (Å²) in [5, 5.41) is 9.93. The maximum absolute atomic E-state index is 11.1. The molecule has 0 unspecified atom stereocenters. The highest BCUT2D eigenvalue weighted by molar-refractivity contribution is 5.95. The largest absolute Gasteiger partial charge is 0.477 e. The molecule has 0 aliphatic rings. The van der Waals surface area contributed by atoms with Crippen LogP contribution in [0.3, 0.4) is 0 Å². The number of aromatic amines is 1. The molecule has 0 bridgehead atoms. The van der Waals surface area contributed by atoms with Crippen molar-refractivity contribution in [1.82, 2.24) is 19.9 Å². The number of pyridine rings is 1. The van der Waals surface area contributed by atoms with Crippen LogP contribution >= 0.6 is 0 Å². The van der Waals surface area contributed by atoms with Crippen LogP contribution in [-0.2, 0) is 0 Å². The van der Waals surface area contributed by atoms with Crippen LogP contribution in [0.5, 0.6) is 0 Å². The van der Waals surface area contributed by atoms with E-state index in [0.29, 0.717) is 5.95 Å². The SMILES string of the molecule is CN(c1ccc2[nH]c(C(=O)O)cc2c1)c1nccc(-c2ccccn2)n1. The monoisotopic (exact) mass is 345 g/mol. The Kier molecular flexibility index (Phi) is 3.81. The Morgan fingerprint density at radius 3 is 2.69 bits per heavy atom. The lowest BCUT2D eigenvalue weighted by molar-refractivity contribution is 0.0691. The number of carboxylic acid groups (broad SMARTS) is 1. The van der Waals surface area contributed by atoms with Crippen LogP contribution in [0.4, 0.5) is 11.6 Å². The van der Waals surface area contributed by atoms with Crippen molar-refractivity contribution in [2.24, 2.45) is 0 Å². The fraction of sp³-hybridized carbons (Fsp3) is 0.0526. The number of hydrogen-bond donors (Lipinski definition) is 2. The molecule has 7 nitrogen and oxygen atoms in total. The maximum atomic E-state index is 11.1. The molecule has 0 spiro atoms. The van der Waals surface area contributed by atoms with Crippen molar-refractivity contribution < 1.29 is 9.90 Å². The summed E-state index contributed by atoms with van der Waals surface area (Å²) in [4.78, 5) is 29.1. The average molecular weight is 345 g/mol. The minimum atomic E-state index is -0.984. The van der Waals surface area contributed by atoms with E-state index in [1.165, 1.54) is 0 Å². The van der Waals surface area contributed by atoms with Gasteiger partial charge < -0.3 is 15.0 Å². The molecule has 0 saturated heterocycles. The molecule has 0 aliphatic heterocycles. The number of rotatable bonds is 4. The zero-order chi connectivity index (χ0) is 18.1. The van der Waals surface area contributed by atoms with E-state index in [0.717, 1.165) is 28.0 Å². The molecule has 4 rings (SSSR count). The molecule has 0 amide bonds. The minimum Gasteiger partial charge on any atom is -0.477 e. The van der Waals surface area contributed by atoms with E-state index in [2.05, 4.69) is 19.9 Å². The number of H-pyrrole nitrogens is 1. The van der Waals surface area contributed by atoms with Crippen molar-refractivity contribution in [2.75, 3.05) is 11.9 Å². The Morgan fingerprint density at radius 1 is 1.04 bits per heavy atom. The lowest BCUT2D eigenvalue weighted by Gasteiger charge is -2.17. The molecule has 7 heteroatoms. The van der Waals surface area contributed by atoms with E-state index < -0.39 is 5.97 Å². The average Bonchev–Trinajstić information content (AvgIpc) is 3.12. The summed E-state index contributed by atoms with van der Waals surface area (Å²) < 4.78 is 0. The van der Waals surface area contributed by atoms with Gasteiger partial charge in [0.25, 0.3) is 0 Å². The molecular formula is C19H15N5O2. The third-order valence-corrected chi connectivity index (χ3v) is 4.09. The maximum Gasteiger partial charge on any atom is 0.352 e. The van der Waals surface area contributed by atoms with Crippen molar-refractivity contribution in [1.29, 1.82) is 0 Å². The molecule has 2 N–H and O–H groups in total. The summed E-state index contributed by atoms with van der Waals surface area (Å²) in [6.45, 7) is 0. The first kappa shape index (κ1) is 15.8. The number of benzene rings is 1. The second-order valence-corrected chi connectivity index (χ2v) is 5.78. The van der Waals surface area contributed by atoms with E-state index >= 15 is 0 Å². The molecular weight excluding hydrogens is 330 g/mol. The number of hydrogen-bond acceptors (Lipinski definition) is 5. The highest BCUT2D eigenvalue weighted by atomic mass is 16.4. The van der Waals surface area contributed by atoms with Crippen LogP contribution in [0.15, 0.2) is 60.9 Å². The van der Waals surface area contributed by atoms with Crippen molar-refractivity contribution in [3.63, 3.8) is 0 Å². The Labute approximate surface area is 149 Å². The summed E-state index contributed by atoms with van der Waals surface area (Å²) in [6, 6.07) is 14.7. The third-order valence-electron chi connectivity index (χ3n) is 4.09. The van der Waals surface area contributed by atoms with Crippen molar-refractivity contribution >= 4 is 28.5 Å². The van der Waals surface area contributed by atoms with E-state index in [1.807, 2.05) is 54.4 Å². The number of aromatic carboxylic acids is 1. The smallest absolute Gasteiger partial charge is 0.352 e. The van der Waals surface area contributed by atoms with Crippen LogP contribution in [0.1, 0.15) is 10.5 Å². The van der Waals surface area contributed by atoms with Gasteiger partial charge in [0.05, 0.1) is 11.4 Å². The molecule has 26 heavy (non-hydrogen) atoms. The lowest BCUT2D eigenvalue weighted by Crippen LogP contribution is -2.13. The summed E-state index contributed by atoms with van der Waals surface area (Å²) in [7, 11) is 1.86. The quantitative estimate of drug-likeness (QED) is 0.588. The van der Waals surface area contributed by atoms with Gasteiger partial charge in [-0.15, -0.1) is 0 Å². The highest BCUT2D eigenvalue weighted by Gasteiger charge is 2.12. The Hall–Kier alpha value is -3.74. The van der Waals surface area contributed by atoms with Gasteiger partial charge in [0.2, 0.25) is 5.95 Å². The minimum absolute atomic E-state index is 0.160. The van der Waals surface area contributed by atoms with Gasteiger partial charge in [0.15, 0.2) is 0 Å². The number of anilines is 2. The van der Waals surface area contributed by atoms with Crippen LogP contribution in [0.25, 0.3) is 22.3 Å². The van der Waals surface area contributed by atoms with Crippen LogP contribution in [-0.4, -0.2) is 38.1 Å². The fourth-order valence-corrected chi connectivity index (χ4v) is 2.73.